The number of benzene rings is 2. The lowest BCUT2D eigenvalue weighted by Crippen LogP contribution is -2.51. The number of piperazine rings is 1. The first-order chi connectivity index (χ1) is 15.2. The standard InChI is InChI=1S/C24H30N4O3S/c1-4-28(20(3)22-10-8-21(17-25)9-11-22)24(29)18-32(30,31)27-14-12-26(13-15-27)23-7-5-6-19(2)16-23/h5-11,16,20H,4,12-15,18H2,1-3H3. The first-order valence-electron chi connectivity index (χ1n) is 10.8. The van der Waals surface area contributed by atoms with Crippen molar-refractivity contribution in [1.29, 1.82) is 5.26 Å². The molecule has 7 nitrogen and oxygen atoms in total. The number of nitrogens with zero attached hydrogens (tertiary/aromatic N) is 4. The predicted molar refractivity (Wildman–Crippen MR) is 126 cm³/mol. The molecule has 1 aliphatic heterocycles. The molecular weight excluding hydrogens is 424 g/mol. The van der Waals surface area contributed by atoms with Crippen molar-refractivity contribution in [3.05, 3.63) is 65.2 Å². The Hall–Kier alpha value is -2.89. The molecule has 0 spiro atoms. The quantitative estimate of drug-likeness (QED) is 0.642. The van der Waals surface area contributed by atoms with E-state index in [4.69, 9.17) is 5.26 Å². The Morgan fingerprint density at radius 3 is 2.34 bits per heavy atom. The minimum absolute atomic E-state index is 0.284. The van der Waals surface area contributed by atoms with Gasteiger partial charge in [-0.3, -0.25) is 4.79 Å². The van der Waals surface area contributed by atoms with Crippen molar-refractivity contribution in [3.8, 4) is 6.07 Å². The number of hydrogen-bond donors (Lipinski definition) is 0. The Morgan fingerprint density at radius 1 is 1.12 bits per heavy atom. The van der Waals surface area contributed by atoms with Gasteiger partial charge in [0.15, 0.2) is 0 Å². The number of carbonyl (C=O) groups is 1. The van der Waals surface area contributed by atoms with Gasteiger partial charge in [0.05, 0.1) is 17.7 Å². The molecule has 1 saturated heterocycles. The number of hydrogen-bond acceptors (Lipinski definition) is 5. The lowest BCUT2D eigenvalue weighted by Gasteiger charge is -2.36. The van der Waals surface area contributed by atoms with Crippen molar-refractivity contribution >= 4 is 21.6 Å². The van der Waals surface area contributed by atoms with Gasteiger partial charge in [-0.05, 0) is 56.2 Å². The van der Waals surface area contributed by atoms with Gasteiger partial charge in [-0.15, -0.1) is 0 Å². The highest BCUT2D eigenvalue weighted by molar-refractivity contribution is 7.89. The third-order valence-electron chi connectivity index (χ3n) is 5.96. The number of carbonyl (C=O) groups excluding carboxylic acids is 1. The van der Waals surface area contributed by atoms with Crippen LogP contribution in [0.1, 0.15) is 36.6 Å². The van der Waals surface area contributed by atoms with Crippen LogP contribution >= 0.6 is 0 Å². The summed E-state index contributed by atoms with van der Waals surface area (Å²) in [6.45, 7) is 8.06. The molecule has 2 aromatic carbocycles. The largest absolute Gasteiger partial charge is 0.369 e. The minimum atomic E-state index is -3.71. The summed E-state index contributed by atoms with van der Waals surface area (Å²) in [6, 6.07) is 17.0. The van der Waals surface area contributed by atoms with Crippen LogP contribution in [0.3, 0.4) is 0 Å². The Bertz CT molecular complexity index is 1080. The van der Waals surface area contributed by atoms with E-state index in [1.165, 1.54) is 9.87 Å². The average Bonchev–Trinajstić information content (AvgIpc) is 2.79. The van der Waals surface area contributed by atoms with Crippen molar-refractivity contribution in [2.75, 3.05) is 43.4 Å². The van der Waals surface area contributed by atoms with Gasteiger partial charge in [-0.1, -0.05) is 24.3 Å². The third-order valence-corrected chi connectivity index (χ3v) is 7.72. The fraction of sp³-hybridized carbons (Fsp3) is 0.417. The van der Waals surface area contributed by atoms with E-state index in [2.05, 4.69) is 17.0 Å². The van der Waals surface area contributed by atoms with Crippen LogP contribution in [0.2, 0.25) is 0 Å². The Labute approximate surface area is 190 Å². The number of aryl methyl sites for hydroxylation is 1. The summed E-state index contributed by atoms with van der Waals surface area (Å²) in [7, 11) is -3.71. The molecule has 1 unspecified atom stereocenters. The minimum Gasteiger partial charge on any atom is -0.369 e. The molecule has 8 heteroatoms. The van der Waals surface area contributed by atoms with Crippen LogP contribution in [-0.4, -0.2) is 62.0 Å². The van der Waals surface area contributed by atoms with Gasteiger partial charge in [0.1, 0.15) is 5.75 Å². The molecule has 0 N–H and O–H groups in total. The van der Waals surface area contributed by atoms with E-state index in [0.717, 1.165) is 11.3 Å². The van der Waals surface area contributed by atoms with E-state index < -0.39 is 21.7 Å². The molecule has 0 bridgehead atoms. The van der Waals surface area contributed by atoms with Gasteiger partial charge in [0, 0.05) is 38.4 Å². The molecule has 1 fully saturated rings. The van der Waals surface area contributed by atoms with Gasteiger partial charge >= 0.3 is 0 Å². The number of nitriles is 1. The highest BCUT2D eigenvalue weighted by Crippen LogP contribution is 2.22. The van der Waals surface area contributed by atoms with E-state index in [1.807, 2.05) is 39.0 Å². The lowest BCUT2D eigenvalue weighted by molar-refractivity contribution is -0.130. The fourth-order valence-corrected chi connectivity index (χ4v) is 5.44. The second-order valence-electron chi connectivity index (χ2n) is 8.07. The molecule has 0 saturated carbocycles. The lowest BCUT2D eigenvalue weighted by atomic mass is 10.1. The number of amides is 1. The molecular formula is C24H30N4O3S. The second-order valence-corrected chi connectivity index (χ2v) is 10.0. The summed E-state index contributed by atoms with van der Waals surface area (Å²) in [5.74, 6) is -0.947. The highest BCUT2D eigenvalue weighted by Gasteiger charge is 2.32. The first-order valence-corrected chi connectivity index (χ1v) is 12.4. The van der Waals surface area contributed by atoms with Crippen molar-refractivity contribution in [2.45, 2.75) is 26.8 Å². The summed E-state index contributed by atoms with van der Waals surface area (Å²) in [5, 5.41) is 8.97. The second kappa shape index (κ2) is 10.2. The molecule has 1 aliphatic rings. The van der Waals surface area contributed by atoms with Gasteiger partial charge in [-0.25, -0.2) is 8.42 Å². The monoisotopic (exact) mass is 454 g/mol. The molecule has 0 aromatic heterocycles. The zero-order chi connectivity index (χ0) is 23.3. The predicted octanol–water partition coefficient (Wildman–Crippen LogP) is 2.93. The molecule has 3 rings (SSSR count). The van der Waals surface area contributed by atoms with Crippen LogP contribution in [0.15, 0.2) is 48.5 Å². The number of sulfonamides is 1. The maximum absolute atomic E-state index is 13.0. The summed E-state index contributed by atoms with van der Waals surface area (Å²) in [6.07, 6.45) is 0. The molecule has 0 aliphatic carbocycles. The van der Waals surface area contributed by atoms with Crippen LogP contribution in [-0.2, 0) is 14.8 Å². The molecule has 2 aromatic rings. The van der Waals surface area contributed by atoms with Gasteiger partial charge < -0.3 is 9.80 Å². The molecule has 1 amide bonds. The van der Waals surface area contributed by atoms with Crippen LogP contribution in [0.4, 0.5) is 5.69 Å². The normalized spacial score (nSPS) is 15.8. The molecule has 1 heterocycles. The van der Waals surface area contributed by atoms with Crippen molar-refractivity contribution in [3.63, 3.8) is 0 Å². The zero-order valence-electron chi connectivity index (χ0n) is 18.9. The molecule has 32 heavy (non-hydrogen) atoms. The van der Waals surface area contributed by atoms with Gasteiger partial charge in [0.2, 0.25) is 15.9 Å². The van der Waals surface area contributed by atoms with Crippen LogP contribution < -0.4 is 4.90 Å². The number of anilines is 1. The molecule has 170 valence electrons. The maximum Gasteiger partial charge on any atom is 0.239 e. The van der Waals surface area contributed by atoms with Crippen LogP contribution in [0.25, 0.3) is 0 Å². The van der Waals surface area contributed by atoms with Crippen LogP contribution in [0, 0.1) is 18.3 Å². The van der Waals surface area contributed by atoms with E-state index in [1.54, 1.807) is 29.2 Å². The van der Waals surface area contributed by atoms with Gasteiger partial charge in [-0.2, -0.15) is 9.57 Å². The Kier molecular flexibility index (Phi) is 7.54. The van der Waals surface area contributed by atoms with Crippen molar-refractivity contribution in [2.24, 2.45) is 0 Å². The topological polar surface area (TPSA) is 84.7 Å². The Morgan fingerprint density at radius 2 is 1.78 bits per heavy atom. The summed E-state index contributed by atoms with van der Waals surface area (Å²) >= 11 is 0. The number of rotatable bonds is 7. The SMILES string of the molecule is CCN(C(=O)CS(=O)(=O)N1CCN(c2cccc(C)c2)CC1)C(C)c1ccc(C#N)cc1. The first kappa shape index (κ1) is 23.8. The third kappa shape index (κ3) is 5.47. The zero-order valence-corrected chi connectivity index (χ0v) is 19.7. The highest BCUT2D eigenvalue weighted by atomic mass is 32.2. The van der Waals surface area contributed by atoms with E-state index in [0.29, 0.717) is 38.3 Å². The van der Waals surface area contributed by atoms with E-state index >= 15 is 0 Å². The summed E-state index contributed by atoms with van der Waals surface area (Å²) in [5.41, 5.74) is 3.66. The Balaban J connectivity index is 1.63. The average molecular weight is 455 g/mol. The summed E-state index contributed by atoms with van der Waals surface area (Å²) in [4.78, 5) is 16.7. The molecule has 1 atom stereocenters. The maximum atomic E-state index is 13.0. The van der Waals surface area contributed by atoms with E-state index in [9.17, 15) is 13.2 Å². The smallest absolute Gasteiger partial charge is 0.239 e. The van der Waals surface area contributed by atoms with Crippen LogP contribution in [0.5, 0.6) is 0 Å². The summed E-state index contributed by atoms with van der Waals surface area (Å²) < 4.78 is 27.4. The van der Waals surface area contributed by atoms with Crippen molar-refractivity contribution in [1.82, 2.24) is 9.21 Å². The molecule has 0 radical (unpaired) electrons. The fourth-order valence-electron chi connectivity index (χ4n) is 4.06. The van der Waals surface area contributed by atoms with E-state index in [-0.39, 0.29) is 6.04 Å². The van der Waals surface area contributed by atoms with Crippen molar-refractivity contribution < 1.29 is 13.2 Å². The van der Waals surface area contributed by atoms with Gasteiger partial charge in [0.25, 0.3) is 0 Å².